The van der Waals surface area contributed by atoms with Crippen LogP contribution in [0, 0.1) is 6.92 Å². The summed E-state index contributed by atoms with van der Waals surface area (Å²) in [6, 6.07) is 8.20. The Morgan fingerprint density at radius 3 is 2.67 bits per heavy atom. The zero-order valence-electron chi connectivity index (χ0n) is 8.84. The summed E-state index contributed by atoms with van der Waals surface area (Å²) in [5, 5.41) is 7.87. The van der Waals surface area contributed by atoms with Crippen molar-refractivity contribution >= 4 is 0 Å². The van der Waals surface area contributed by atoms with E-state index in [4.69, 9.17) is 4.74 Å². The topological polar surface area (TPSA) is 39.9 Å². The molecule has 0 aliphatic rings. The summed E-state index contributed by atoms with van der Waals surface area (Å²) >= 11 is 0. The van der Waals surface area contributed by atoms with Gasteiger partial charge in [-0.1, -0.05) is 17.7 Å². The van der Waals surface area contributed by atoms with Crippen LogP contribution in [0.4, 0.5) is 0 Å². The molecule has 0 fully saturated rings. The molecule has 0 N–H and O–H groups in total. The minimum absolute atomic E-state index is 0.466. The smallest absolute Gasteiger partial charge is 0.163 e. The largest absolute Gasteiger partial charge is 0.377 e. The highest BCUT2D eigenvalue weighted by atomic mass is 16.5. The van der Waals surface area contributed by atoms with Gasteiger partial charge in [-0.3, -0.25) is 4.57 Å². The standard InChI is InChI=1S/C11H13N3O/c1-9-3-5-10(6-4-9)14-8-12-13-11(14)7-15-2/h3-6,8H,7H2,1-2H3. The molecule has 1 heterocycles. The highest BCUT2D eigenvalue weighted by Crippen LogP contribution is 2.11. The predicted octanol–water partition coefficient (Wildman–Crippen LogP) is 1.72. The Balaban J connectivity index is 2.36. The Bertz CT molecular complexity index is 433. The lowest BCUT2D eigenvalue weighted by atomic mass is 10.2. The van der Waals surface area contributed by atoms with Gasteiger partial charge in [-0.25, -0.2) is 0 Å². The molecule has 0 atom stereocenters. The molecular weight excluding hydrogens is 190 g/mol. The van der Waals surface area contributed by atoms with Crippen molar-refractivity contribution < 1.29 is 4.74 Å². The number of rotatable bonds is 3. The lowest BCUT2D eigenvalue weighted by Gasteiger charge is -2.05. The fraction of sp³-hybridized carbons (Fsp3) is 0.273. The van der Waals surface area contributed by atoms with Gasteiger partial charge >= 0.3 is 0 Å². The summed E-state index contributed by atoms with van der Waals surface area (Å²) in [5.74, 6) is 0.807. The molecule has 1 aromatic heterocycles. The number of hydrogen-bond acceptors (Lipinski definition) is 3. The first-order chi connectivity index (χ1) is 7.31. The van der Waals surface area contributed by atoms with Crippen molar-refractivity contribution in [1.29, 1.82) is 0 Å². The zero-order valence-corrected chi connectivity index (χ0v) is 8.84. The minimum Gasteiger partial charge on any atom is -0.377 e. The molecule has 0 bridgehead atoms. The average molecular weight is 203 g/mol. The SMILES string of the molecule is COCc1nncn1-c1ccc(C)cc1. The van der Waals surface area contributed by atoms with Crippen molar-refractivity contribution in [1.82, 2.24) is 14.8 Å². The van der Waals surface area contributed by atoms with E-state index >= 15 is 0 Å². The third-order valence-electron chi connectivity index (χ3n) is 2.20. The number of ether oxygens (including phenoxy) is 1. The average Bonchev–Trinajstić information content (AvgIpc) is 2.68. The van der Waals surface area contributed by atoms with Gasteiger partial charge in [0.2, 0.25) is 0 Å². The molecule has 2 rings (SSSR count). The van der Waals surface area contributed by atoms with Crippen LogP contribution in [0.5, 0.6) is 0 Å². The van der Waals surface area contributed by atoms with Gasteiger partial charge < -0.3 is 4.74 Å². The first-order valence-electron chi connectivity index (χ1n) is 4.76. The van der Waals surface area contributed by atoms with Gasteiger partial charge in [-0.05, 0) is 19.1 Å². The maximum Gasteiger partial charge on any atom is 0.163 e. The van der Waals surface area contributed by atoms with Gasteiger partial charge in [-0.2, -0.15) is 0 Å². The van der Waals surface area contributed by atoms with Crippen LogP contribution in [0.25, 0.3) is 5.69 Å². The first kappa shape index (κ1) is 9.86. The Labute approximate surface area is 88.5 Å². The molecule has 4 nitrogen and oxygen atoms in total. The van der Waals surface area contributed by atoms with Gasteiger partial charge in [0.15, 0.2) is 5.82 Å². The lowest BCUT2D eigenvalue weighted by Crippen LogP contribution is -2.01. The molecule has 2 aromatic rings. The number of benzene rings is 1. The maximum atomic E-state index is 5.05. The maximum absolute atomic E-state index is 5.05. The van der Waals surface area contributed by atoms with Gasteiger partial charge in [0.1, 0.15) is 12.9 Å². The van der Waals surface area contributed by atoms with Gasteiger partial charge in [0, 0.05) is 12.8 Å². The van der Waals surface area contributed by atoms with Crippen molar-refractivity contribution in [3.63, 3.8) is 0 Å². The van der Waals surface area contributed by atoms with Crippen molar-refractivity contribution in [2.24, 2.45) is 0 Å². The van der Waals surface area contributed by atoms with Crippen LogP contribution in [0.1, 0.15) is 11.4 Å². The van der Waals surface area contributed by atoms with Crippen LogP contribution in [0.2, 0.25) is 0 Å². The van der Waals surface area contributed by atoms with E-state index in [0.29, 0.717) is 6.61 Å². The molecule has 0 aliphatic heterocycles. The molecule has 0 radical (unpaired) electrons. The zero-order chi connectivity index (χ0) is 10.7. The van der Waals surface area contributed by atoms with Crippen molar-refractivity contribution in [3.8, 4) is 5.69 Å². The molecule has 15 heavy (non-hydrogen) atoms. The number of aromatic nitrogens is 3. The van der Waals surface area contributed by atoms with E-state index in [1.807, 2.05) is 16.7 Å². The molecule has 0 amide bonds. The highest BCUT2D eigenvalue weighted by Gasteiger charge is 2.04. The summed E-state index contributed by atoms with van der Waals surface area (Å²) in [5.41, 5.74) is 2.29. The summed E-state index contributed by atoms with van der Waals surface area (Å²) < 4.78 is 6.97. The fourth-order valence-corrected chi connectivity index (χ4v) is 1.41. The van der Waals surface area contributed by atoms with Crippen LogP contribution >= 0.6 is 0 Å². The summed E-state index contributed by atoms with van der Waals surface area (Å²) in [4.78, 5) is 0. The first-order valence-corrected chi connectivity index (χ1v) is 4.76. The van der Waals surface area contributed by atoms with E-state index in [9.17, 15) is 0 Å². The van der Waals surface area contributed by atoms with E-state index < -0.39 is 0 Å². The van der Waals surface area contributed by atoms with Crippen LogP contribution in [-0.2, 0) is 11.3 Å². The van der Waals surface area contributed by atoms with E-state index in [1.165, 1.54) is 5.56 Å². The van der Waals surface area contributed by atoms with Gasteiger partial charge in [0.05, 0.1) is 0 Å². The normalized spacial score (nSPS) is 10.5. The van der Waals surface area contributed by atoms with E-state index in [2.05, 4.69) is 29.3 Å². The number of aryl methyl sites for hydroxylation is 1. The summed E-state index contributed by atoms with van der Waals surface area (Å²) in [6.45, 7) is 2.53. The van der Waals surface area contributed by atoms with Crippen molar-refractivity contribution in [2.75, 3.05) is 7.11 Å². The molecule has 4 heteroatoms. The fourth-order valence-electron chi connectivity index (χ4n) is 1.41. The molecular formula is C11H13N3O. The van der Waals surface area contributed by atoms with Crippen molar-refractivity contribution in [3.05, 3.63) is 42.0 Å². The lowest BCUT2D eigenvalue weighted by molar-refractivity contribution is 0.176. The number of hydrogen-bond donors (Lipinski definition) is 0. The second-order valence-corrected chi connectivity index (χ2v) is 3.39. The minimum atomic E-state index is 0.466. The second kappa shape index (κ2) is 4.23. The third-order valence-corrected chi connectivity index (χ3v) is 2.20. The molecule has 0 aliphatic carbocycles. The molecule has 0 spiro atoms. The second-order valence-electron chi connectivity index (χ2n) is 3.39. The molecule has 1 aromatic carbocycles. The van der Waals surface area contributed by atoms with E-state index in [-0.39, 0.29) is 0 Å². The Morgan fingerprint density at radius 1 is 1.27 bits per heavy atom. The number of nitrogens with zero attached hydrogens (tertiary/aromatic N) is 3. The molecule has 0 saturated carbocycles. The summed E-state index contributed by atoms with van der Waals surface area (Å²) in [7, 11) is 1.65. The Morgan fingerprint density at radius 2 is 2.00 bits per heavy atom. The molecule has 0 unspecified atom stereocenters. The Hall–Kier alpha value is -1.68. The Kier molecular flexibility index (Phi) is 2.78. The molecule has 78 valence electrons. The van der Waals surface area contributed by atoms with Crippen molar-refractivity contribution in [2.45, 2.75) is 13.5 Å². The number of methoxy groups -OCH3 is 1. The van der Waals surface area contributed by atoms with Gasteiger partial charge in [0.25, 0.3) is 0 Å². The predicted molar refractivity (Wildman–Crippen MR) is 56.8 cm³/mol. The molecule has 0 saturated heterocycles. The van der Waals surface area contributed by atoms with Crippen LogP contribution in [-0.4, -0.2) is 21.9 Å². The highest BCUT2D eigenvalue weighted by molar-refractivity contribution is 5.34. The quantitative estimate of drug-likeness (QED) is 0.762. The van der Waals surface area contributed by atoms with Crippen LogP contribution in [0.15, 0.2) is 30.6 Å². The summed E-state index contributed by atoms with van der Waals surface area (Å²) in [6.07, 6.45) is 1.69. The monoisotopic (exact) mass is 203 g/mol. The third kappa shape index (κ3) is 2.05. The van der Waals surface area contributed by atoms with Gasteiger partial charge in [-0.15, -0.1) is 10.2 Å². The van der Waals surface area contributed by atoms with E-state index in [0.717, 1.165) is 11.5 Å². The van der Waals surface area contributed by atoms with E-state index in [1.54, 1.807) is 13.4 Å². The van der Waals surface area contributed by atoms with Crippen LogP contribution < -0.4 is 0 Å². The van der Waals surface area contributed by atoms with Crippen LogP contribution in [0.3, 0.4) is 0 Å².